The van der Waals surface area contributed by atoms with Crippen LogP contribution < -0.4 is 0 Å². The van der Waals surface area contributed by atoms with Gasteiger partial charge in [-0.2, -0.15) is 0 Å². The van der Waals surface area contributed by atoms with E-state index in [2.05, 4.69) is 53.5 Å². The van der Waals surface area contributed by atoms with E-state index in [0.717, 1.165) is 0 Å². The lowest BCUT2D eigenvalue weighted by atomic mass is 10.2. The minimum Gasteiger partial charge on any atom is -0.416 e. The van der Waals surface area contributed by atoms with Crippen molar-refractivity contribution in [3.63, 3.8) is 0 Å². The van der Waals surface area contributed by atoms with Crippen molar-refractivity contribution in [1.29, 1.82) is 0 Å². The molecule has 0 spiro atoms. The summed E-state index contributed by atoms with van der Waals surface area (Å²) in [5, 5.41) is 0. The van der Waals surface area contributed by atoms with E-state index >= 15 is 0 Å². The van der Waals surface area contributed by atoms with Crippen molar-refractivity contribution in [3.8, 4) is 0 Å². The molecule has 102 valence electrons. The highest BCUT2D eigenvalue weighted by molar-refractivity contribution is 7.67. The van der Waals surface area contributed by atoms with E-state index in [9.17, 15) is 0 Å². The summed E-state index contributed by atoms with van der Waals surface area (Å²) in [6.45, 7) is 20.0. The smallest absolute Gasteiger partial charge is 0.172 e. The zero-order valence-corrected chi connectivity index (χ0v) is 16.2. The third-order valence-corrected chi connectivity index (χ3v) is 46.1. The van der Waals surface area contributed by atoms with E-state index in [0.29, 0.717) is 0 Å². The molecule has 0 saturated carbocycles. The Bertz CT molecular complexity index is 286. The molecule has 1 nitrogen and oxygen atoms in total. The van der Waals surface area contributed by atoms with E-state index in [-0.39, 0.29) is 5.60 Å². The number of rotatable bonds is 3. The topological polar surface area (TPSA) is 9.23 Å². The van der Waals surface area contributed by atoms with Crippen molar-refractivity contribution in [2.45, 2.75) is 84.0 Å². The van der Waals surface area contributed by atoms with Gasteiger partial charge >= 0.3 is 0 Å². The van der Waals surface area contributed by atoms with Crippen molar-refractivity contribution in [2.24, 2.45) is 0 Å². The third-order valence-electron chi connectivity index (χ3n) is 5.44. The molecule has 0 amide bonds. The zero-order chi connectivity index (χ0) is 13.5. The summed E-state index contributed by atoms with van der Waals surface area (Å²) in [7, 11) is -3.66. The summed E-state index contributed by atoms with van der Waals surface area (Å²) < 4.78 is 6.59. The van der Waals surface area contributed by atoms with Crippen molar-refractivity contribution in [2.75, 3.05) is 0 Å². The molecule has 1 rings (SSSR count). The van der Waals surface area contributed by atoms with Gasteiger partial charge in [0.1, 0.15) is 0 Å². The molecule has 1 unspecified atom stereocenters. The minimum atomic E-state index is -1.44. The lowest BCUT2D eigenvalue weighted by Gasteiger charge is -2.59. The molecule has 0 radical (unpaired) electrons. The molecule has 17 heavy (non-hydrogen) atoms. The minimum absolute atomic E-state index is 0.160. The Morgan fingerprint density at radius 3 is 2.06 bits per heavy atom. The van der Waals surface area contributed by atoms with Crippen LogP contribution >= 0.6 is 0 Å². The zero-order valence-electron chi connectivity index (χ0n) is 13.2. The average Bonchev–Trinajstić information content (AvgIpc) is 2.09. The van der Waals surface area contributed by atoms with Crippen LogP contribution in [0.4, 0.5) is 0 Å². The second-order valence-electron chi connectivity index (χ2n) is 7.84. The van der Waals surface area contributed by atoms with E-state index in [1.54, 1.807) is 6.04 Å². The van der Waals surface area contributed by atoms with Gasteiger partial charge in [-0.3, -0.25) is 0 Å². The van der Waals surface area contributed by atoms with Crippen molar-refractivity contribution in [3.05, 3.63) is 0 Å². The molecule has 1 saturated heterocycles. The molecular formula is C13H32OSi3. The Morgan fingerprint density at radius 2 is 1.59 bits per heavy atom. The maximum Gasteiger partial charge on any atom is 0.172 e. The van der Waals surface area contributed by atoms with Gasteiger partial charge in [-0.15, -0.1) is 0 Å². The molecule has 1 aliphatic heterocycles. The van der Waals surface area contributed by atoms with Crippen LogP contribution in [0.5, 0.6) is 0 Å². The van der Waals surface area contributed by atoms with E-state index in [1.807, 2.05) is 0 Å². The second kappa shape index (κ2) is 4.62. The summed E-state index contributed by atoms with van der Waals surface area (Å²) in [5.41, 5.74) is 0.160. The lowest BCUT2D eigenvalue weighted by Crippen LogP contribution is -2.78. The summed E-state index contributed by atoms with van der Waals surface area (Å²) in [6.07, 6.45) is 2.80. The fourth-order valence-corrected chi connectivity index (χ4v) is 37.8. The Morgan fingerprint density at radius 1 is 1.06 bits per heavy atom. The highest BCUT2D eigenvalue weighted by Gasteiger charge is 2.61. The van der Waals surface area contributed by atoms with Crippen LogP contribution in [-0.4, -0.2) is 28.1 Å². The Kier molecular flexibility index (Phi) is 4.25. The number of hydrogen-bond acceptors (Lipinski definition) is 1. The predicted octanol–water partition coefficient (Wildman–Crippen LogP) is 4.74. The molecule has 0 aliphatic carbocycles. The Labute approximate surface area is 111 Å². The average molecular weight is 289 g/mol. The maximum absolute atomic E-state index is 6.59. The predicted molar refractivity (Wildman–Crippen MR) is 86.3 cm³/mol. The summed E-state index contributed by atoms with van der Waals surface area (Å²) >= 11 is 0. The van der Waals surface area contributed by atoms with E-state index in [4.69, 9.17) is 4.43 Å². The van der Waals surface area contributed by atoms with Crippen LogP contribution in [0.15, 0.2) is 0 Å². The van der Waals surface area contributed by atoms with Crippen molar-refractivity contribution < 1.29 is 4.43 Å². The summed E-state index contributed by atoms with van der Waals surface area (Å²) in [6, 6.07) is 2.95. The van der Waals surface area contributed by atoms with Crippen LogP contribution in [0.3, 0.4) is 0 Å². The van der Waals surface area contributed by atoms with Gasteiger partial charge in [0.15, 0.2) is 7.83 Å². The molecule has 0 N–H and O–H groups in total. The van der Waals surface area contributed by atoms with Gasteiger partial charge in [-0.05, 0) is 33.0 Å². The van der Waals surface area contributed by atoms with Gasteiger partial charge in [-0.25, -0.2) is 0 Å². The molecule has 0 aromatic rings. The highest BCUT2D eigenvalue weighted by atomic mass is 29.6. The SMILES string of the molecule is CCCC[Si]1(C)CC(C)(C)O[Si](C)(C)[Si]1(C)C. The van der Waals surface area contributed by atoms with Crippen LogP contribution in [0.1, 0.15) is 33.6 Å². The van der Waals surface area contributed by atoms with Gasteiger partial charge < -0.3 is 4.43 Å². The molecule has 0 aromatic carbocycles. The first kappa shape index (κ1) is 15.7. The van der Waals surface area contributed by atoms with Crippen molar-refractivity contribution >= 4 is 22.5 Å². The fraction of sp³-hybridized carbons (Fsp3) is 1.00. The van der Waals surface area contributed by atoms with Crippen molar-refractivity contribution in [1.82, 2.24) is 0 Å². The van der Waals surface area contributed by atoms with Gasteiger partial charge in [-0.1, -0.05) is 45.5 Å². The highest BCUT2D eigenvalue weighted by Crippen LogP contribution is 2.46. The molecule has 0 bridgehead atoms. The fourth-order valence-electron chi connectivity index (χ4n) is 3.71. The normalized spacial score (nSPS) is 34.6. The maximum atomic E-state index is 6.59. The second-order valence-corrected chi connectivity index (χ2v) is 34.5. The lowest BCUT2D eigenvalue weighted by molar-refractivity contribution is 0.122. The first-order chi connectivity index (χ1) is 7.47. The number of unbranched alkanes of at least 4 members (excludes halogenated alkanes) is 1. The largest absolute Gasteiger partial charge is 0.416 e. The van der Waals surface area contributed by atoms with Gasteiger partial charge in [0.05, 0.1) is 7.11 Å². The molecule has 1 atom stereocenters. The summed E-state index contributed by atoms with van der Waals surface area (Å²) in [4.78, 5) is 0. The molecule has 0 aromatic heterocycles. The van der Waals surface area contributed by atoms with Crippen LogP contribution in [0.25, 0.3) is 0 Å². The van der Waals surface area contributed by atoms with E-state index < -0.39 is 22.5 Å². The number of hydrogen-bond donors (Lipinski definition) is 0. The first-order valence-corrected chi connectivity index (χ1v) is 18.0. The molecule has 1 heterocycles. The molecule has 1 fully saturated rings. The van der Waals surface area contributed by atoms with Crippen LogP contribution in [0, 0.1) is 0 Å². The van der Waals surface area contributed by atoms with Gasteiger partial charge in [0.2, 0.25) is 0 Å². The monoisotopic (exact) mass is 288 g/mol. The Balaban J connectivity index is 3.08. The molecular weight excluding hydrogens is 256 g/mol. The van der Waals surface area contributed by atoms with Gasteiger partial charge in [0, 0.05) is 13.2 Å². The molecule has 1 aliphatic rings. The van der Waals surface area contributed by atoms with Crippen LogP contribution in [0.2, 0.25) is 44.8 Å². The third kappa shape index (κ3) is 2.80. The first-order valence-electron chi connectivity index (χ1n) is 7.18. The summed E-state index contributed by atoms with van der Waals surface area (Å²) in [5.74, 6) is 0. The standard InChI is InChI=1S/C13H32OSi3/c1-9-10-11-17(8)12-13(2,3)14-15(4,5)16(17,6)7/h9-12H2,1-8H3. The Hall–Kier alpha value is 0.611. The van der Waals surface area contributed by atoms with Gasteiger partial charge in [0.25, 0.3) is 0 Å². The van der Waals surface area contributed by atoms with Crippen LogP contribution in [-0.2, 0) is 4.43 Å². The molecule has 4 heteroatoms. The quantitative estimate of drug-likeness (QED) is 0.681. The van der Waals surface area contributed by atoms with E-state index in [1.165, 1.54) is 18.9 Å².